The number of nitrogens with zero attached hydrogens (tertiary/aromatic N) is 1. The third-order valence-corrected chi connectivity index (χ3v) is 5.04. The largest absolute Gasteiger partial charge is 0.496 e. The molecule has 0 radical (unpaired) electrons. The highest BCUT2D eigenvalue weighted by Gasteiger charge is 2.18. The van der Waals surface area contributed by atoms with Gasteiger partial charge in [0.15, 0.2) is 0 Å². The Morgan fingerprint density at radius 2 is 1.81 bits per heavy atom. The van der Waals surface area contributed by atoms with Gasteiger partial charge in [0.25, 0.3) is 11.8 Å². The lowest BCUT2D eigenvalue weighted by Crippen LogP contribution is -2.35. The number of benzene rings is 2. The average Bonchev–Trinajstić information content (AvgIpc) is 2.68. The fourth-order valence-corrected chi connectivity index (χ4v) is 3.56. The van der Waals surface area contributed by atoms with Crippen molar-refractivity contribution in [3.63, 3.8) is 0 Å². The van der Waals surface area contributed by atoms with Crippen LogP contribution in [0.4, 0.5) is 5.69 Å². The molecule has 3 rings (SSSR count). The van der Waals surface area contributed by atoms with Crippen LogP contribution in [0.25, 0.3) is 0 Å². The predicted octanol–water partition coefficient (Wildman–Crippen LogP) is 4.34. The molecule has 0 saturated carbocycles. The summed E-state index contributed by atoms with van der Waals surface area (Å²) in [6, 6.07) is 12.2. The van der Waals surface area contributed by atoms with Gasteiger partial charge in [-0.25, -0.2) is 0 Å². The minimum atomic E-state index is -0.240. The van der Waals surface area contributed by atoms with Gasteiger partial charge in [-0.3, -0.25) is 9.59 Å². The summed E-state index contributed by atoms with van der Waals surface area (Å²) >= 11 is 3.38. The molecule has 0 atom stereocenters. The summed E-state index contributed by atoms with van der Waals surface area (Å²) in [7, 11) is 1.57. The number of ether oxygens (including phenoxy) is 1. The van der Waals surface area contributed by atoms with Crippen LogP contribution in [0, 0.1) is 0 Å². The molecule has 1 N–H and O–H groups in total. The van der Waals surface area contributed by atoms with E-state index in [9.17, 15) is 9.59 Å². The van der Waals surface area contributed by atoms with Gasteiger partial charge in [-0.05, 0) is 71.6 Å². The molecule has 1 aliphatic heterocycles. The van der Waals surface area contributed by atoms with Gasteiger partial charge in [-0.15, -0.1) is 0 Å². The van der Waals surface area contributed by atoms with E-state index >= 15 is 0 Å². The molecule has 6 heteroatoms. The average molecular weight is 417 g/mol. The first-order valence-electron chi connectivity index (χ1n) is 8.63. The minimum Gasteiger partial charge on any atom is -0.496 e. The molecule has 1 fully saturated rings. The van der Waals surface area contributed by atoms with Gasteiger partial charge in [-0.1, -0.05) is 6.07 Å². The van der Waals surface area contributed by atoms with Crippen LogP contribution < -0.4 is 10.1 Å². The number of nitrogens with one attached hydrogen (secondary N) is 1. The molecule has 2 aromatic carbocycles. The van der Waals surface area contributed by atoms with Crippen molar-refractivity contribution in [2.24, 2.45) is 0 Å². The number of piperidine rings is 1. The van der Waals surface area contributed by atoms with Gasteiger partial charge in [0.05, 0.1) is 11.6 Å². The van der Waals surface area contributed by atoms with Crippen LogP contribution in [0.2, 0.25) is 0 Å². The Labute approximate surface area is 161 Å². The van der Waals surface area contributed by atoms with E-state index in [0.717, 1.165) is 25.9 Å². The van der Waals surface area contributed by atoms with E-state index in [1.807, 2.05) is 4.90 Å². The quantitative estimate of drug-likeness (QED) is 0.806. The van der Waals surface area contributed by atoms with E-state index in [2.05, 4.69) is 21.2 Å². The second kappa shape index (κ2) is 8.36. The summed E-state index contributed by atoms with van der Waals surface area (Å²) in [5.74, 6) is 0.444. The van der Waals surface area contributed by atoms with Crippen LogP contribution in [0.1, 0.15) is 40.0 Å². The number of hydrogen-bond donors (Lipinski definition) is 1. The van der Waals surface area contributed by atoms with Crippen LogP contribution in [0.5, 0.6) is 5.75 Å². The molecule has 0 aromatic heterocycles. The lowest BCUT2D eigenvalue weighted by Gasteiger charge is -2.26. The summed E-state index contributed by atoms with van der Waals surface area (Å²) in [5.41, 5.74) is 1.70. The highest BCUT2D eigenvalue weighted by molar-refractivity contribution is 9.10. The molecule has 0 aliphatic carbocycles. The van der Waals surface area contributed by atoms with E-state index in [-0.39, 0.29) is 11.8 Å². The van der Waals surface area contributed by atoms with Gasteiger partial charge < -0.3 is 15.0 Å². The summed E-state index contributed by atoms with van der Waals surface area (Å²) in [6.45, 7) is 1.60. The number of methoxy groups -OCH3 is 1. The number of likely N-dealkylation sites (tertiary alicyclic amines) is 1. The fraction of sp³-hybridized carbons (Fsp3) is 0.300. The smallest absolute Gasteiger partial charge is 0.255 e. The van der Waals surface area contributed by atoms with Crippen molar-refractivity contribution in [1.29, 1.82) is 0 Å². The first-order valence-corrected chi connectivity index (χ1v) is 9.42. The van der Waals surface area contributed by atoms with Crippen molar-refractivity contribution in [3.05, 3.63) is 58.1 Å². The molecule has 0 bridgehead atoms. The topological polar surface area (TPSA) is 58.6 Å². The number of rotatable bonds is 4. The molecule has 5 nitrogen and oxygen atoms in total. The Balaban J connectivity index is 1.72. The SMILES string of the molecule is COc1ccc(C(=O)Nc2cccc(C(=O)N3CCCCC3)c2)cc1Br. The van der Waals surface area contributed by atoms with Crippen LogP contribution >= 0.6 is 15.9 Å². The van der Waals surface area contributed by atoms with Gasteiger partial charge in [0.1, 0.15) is 5.75 Å². The van der Waals surface area contributed by atoms with Gasteiger partial charge in [0, 0.05) is 29.9 Å². The van der Waals surface area contributed by atoms with Crippen LogP contribution in [-0.2, 0) is 0 Å². The number of carbonyl (C=O) groups is 2. The third kappa shape index (κ3) is 4.25. The van der Waals surface area contributed by atoms with Crippen molar-refractivity contribution in [2.45, 2.75) is 19.3 Å². The number of halogens is 1. The standard InChI is InChI=1S/C20H21BrN2O3/c1-26-18-9-8-14(13-17(18)21)19(24)22-16-7-5-6-15(12-16)20(25)23-10-3-2-4-11-23/h5-9,12-13H,2-4,10-11H2,1H3,(H,22,24). The maximum absolute atomic E-state index is 12.6. The highest BCUT2D eigenvalue weighted by atomic mass is 79.9. The molecule has 0 spiro atoms. The van der Waals surface area contributed by atoms with E-state index in [1.165, 1.54) is 6.42 Å². The van der Waals surface area contributed by atoms with Crippen LogP contribution in [0.15, 0.2) is 46.9 Å². The molecular formula is C20H21BrN2O3. The maximum atomic E-state index is 12.6. The maximum Gasteiger partial charge on any atom is 0.255 e. The normalized spacial score (nSPS) is 14.0. The molecular weight excluding hydrogens is 396 g/mol. The molecule has 1 heterocycles. The lowest BCUT2D eigenvalue weighted by molar-refractivity contribution is 0.0724. The van der Waals surface area contributed by atoms with E-state index in [1.54, 1.807) is 49.6 Å². The van der Waals surface area contributed by atoms with Crippen LogP contribution in [0.3, 0.4) is 0 Å². The van der Waals surface area contributed by atoms with Crippen LogP contribution in [-0.4, -0.2) is 36.9 Å². The van der Waals surface area contributed by atoms with E-state index < -0.39 is 0 Å². The molecule has 2 aromatic rings. The summed E-state index contributed by atoms with van der Waals surface area (Å²) in [5, 5.41) is 2.85. The zero-order chi connectivity index (χ0) is 18.5. The Kier molecular flexibility index (Phi) is 5.93. The third-order valence-electron chi connectivity index (χ3n) is 4.42. The van der Waals surface area contributed by atoms with Gasteiger partial charge >= 0.3 is 0 Å². The van der Waals surface area contributed by atoms with E-state index in [0.29, 0.717) is 27.0 Å². The van der Waals surface area contributed by atoms with Crippen molar-refractivity contribution in [1.82, 2.24) is 4.90 Å². The van der Waals surface area contributed by atoms with Gasteiger partial charge in [0.2, 0.25) is 0 Å². The Hall–Kier alpha value is -2.34. The van der Waals surface area contributed by atoms with Crippen molar-refractivity contribution < 1.29 is 14.3 Å². The lowest BCUT2D eigenvalue weighted by atomic mass is 10.1. The minimum absolute atomic E-state index is 0.0213. The zero-order valence-electron chi connectivity index (χ0n) is 14.6. The number of hydrogen-bond acceptors (Lipinski definition) is 3. The summed E-state index contributed by atoms with van der Waals surface area (Å²) in [4.78, 5) is 27.0. The fourth-order valence-electron chi connectivity index (χ4n) is 3.02. The Bertz CT molecular complexity index is 816. The molecule has 136 valence electrons. The van der Waals surface area contributed by atoms with Crippen molar-refractivity contribution in [2.75, 3.05) is 25.5 Å². The van der Waals surface area contributed by atoms with Crippen molar-refractivity contribution >= 4 is 33.4 Å². The molecule has 1 aliphatic rings. The number of anilines is 1. The molecule has 1 saturated heterocycles. The Morgan fingerprint density at radius 1 is 1.04 bits per heavy atom. The number of carbonyl (C=O) groups excluding carboxylic acids is 2. The van der Waals surface area contributed by atoms with Gasteiger partial charge in [-0.2, -0.15) is 0 Å². The Morgan fingerprint density at radius 3 is 2.50 bits per heavy atom. The predicted molar refractivity (Wildman–Crippen MR) is 105 cm³/mol. The number of amides is 2. The highest BCUT2D eigenvalue weighted by Crippen LogP contribution is 2.26. The van der Waals surface area contributed by atoms with E-state index in [4.69, 9.17) is 4.74 Å². The molecule has 26 heavy (non-hydrogen) atoms. The molecule has 2 amide bonds. The summed E-state index contributed by atoms with van der Waals surface area (Å²) < 4.78 is 5.89. The molecule has 0 unspecified atom stereocenters. The zero-order valence-corrected chi connectivity index (χ0v) is 16.2. The first kappa shape index (κ1) is 18.5. The van der Waals surface area contributed by atoms with Crippen molar-refractivity contribution in [3.8, 4) is 5.75 Å². The second-order valence-electron chi connectivity index (χ2n) is 6.24. The summed E-state index contributed by atoms with van der Waals surface area (Å²) in [6.07, 6.45) is 3.28. The first-order chi connectivity index (χ1) is 12.6. The monoisotopic (exact) mass is 416 g/mol. The second-order valence-corrected chi connectivity index (χ2v) is 7.09.